The fourth-order valence-electron chi connectivity index (χ4n) is 18.0. The monoisotopic (exact) mass is 1740 g/mol. The molecule has 126 heavy (non-hydrogen) atoms. The number of imide groups is 4. The molecule has 0 saturated heterocycles. The van der Waals surface area contributed by atoms with Gasteiger partial charge in [0.15, 0.2) is 17.1 Å². The van der Waals surface area contributed by atoms with Crippen molar-refractivity contribution in [3.8, 4) is 33.7 Å². The van der Waals surface area contributed by atoms with Gasteiger partial charge in [-0.05, 0) is 229 Å². The van der Waals surface area contributed by atoms with Crippen LogP contribution in [0.5, 0.6) is 0 Å². The maximum Gasteiger partial charge on any atom is 0.411 e. The second kappa shape index (κ2) is 28.1. The lowest BCUT2D eigenvalue weighted by Gasteiger charge is -2.38. The van der Waals surface area contributed by atoms with Gasteiger partial charge in [-0.15, -0.1) is 0 Å². The summed E-state index contributed by atoms with van der Waals surface area (Å²) in [6, 6.07) is 30.2. The molecule has 638 valence electrons. The molecule has 11 aromatic carbocycles. The van der Waals surface area contributed by atoms with Gasteiger partial charge in [0.05, 0.1) is 67.3 Å². The average molecular weight is 1750 g/mol. The second-order valence-electron chi connectivity index (χ2n) is 31.1. The van der Waals surface area contributed by atoms with Gasteiger partial charge in [-0.3, -0.25) is 38.4 Å². The van der Waals surface area contributed by atoms with Crippen LogP contribution in [0.2, 0.25) is 0 Å². The summed E-state index contributed by atoms with van der Waals surface area (Å²) in [6.07, 6.45) is -37.9. The first-order chi connectivity index (χ1) is 58.9. The zero-order valence-corrected chi connectivity index (χ0v) is 65.6. The van der Waals surface area contributed by atoms with Crippen molar-refractivity contribution in [2.45, 2.75) is 102 Å². The van der Waals surface area contributed by atoms with Crippen LogP contribution in [0.3, 0.4) is 0 Å². The minimum Gasteiger partial charge on any atom is -0.441 e. The molecule has 0 atom stereocenters. The van der Waals surface area contributed by atoms with Crippen LogP contribution in [0.4, 0.5) is 102 Å². The van der Waals surface area contributed by atoms with E-state index in [1.54, 1.807) is 13.0 Å². The summed E-state index contributed by atoms with van der Waals surface area (Å²) in [6.45, 7) is 10.2. The maximum absolute atomic E-state index is 16.3. The van der Waals surface area contributed by atoms with E-state index in [1.807, 2.05) is 32.0 Å². The van der Waals surface area contributed by atoms with E-state index in [0.29, 0.717) is 90.9 Å². The Morgan fingerprint density at radius 1 is 0.262 bits per heavy atom. The lowest BCUT2D eigenvalue weighted by atomic mass is 9.71. The van der Waals surface area contributed by atoms with Crippen LogP contribution in [0.1, 0.15) is 156 Å². The molecule has 4 aliphatic heterocycles. The number of alkyl halides is 18. The van der Waals surface area contributed by atoms with E-state index >= 15 is 79.0 Å². The molecule has 0 spiro atoms. The Balaban J connectivity index is 0.657. The third kappa shape index (κ3) is 12.2. The highest BCUT2D eigenvalue weighted by Gasteiger charge is 2.76. The molecule has 2 aromatic heterocycles. The smallest absolute Gasteiger partial charge is 0.411 e. The number of nitrogens with zero attached hydrogens (tertiary/aromatic N) is 6. The number of aryl methyl sites for hydroxylation is 6. The third-order valence-electron chi connectivity index (χ3n) is 23.3. The summed E-state index contributed by atoms with van der Waals surface area (Å²) >= 11 is 0. The molecule has 0 fully saturated rings. The lowest BCUT2D eigenvalue weighted by molar-refractivity contribution is -0.290. The summed E-state index contributed by atoms with van der Waals surface area (Å²) in [5.41, 5.74) is -30.7. The van der Waals surface area contributed by atoms with Gasteiger partial charge >= 0.3 is 37.1 Å². The molecule has 0 bridgehead atoms. The molecule has 34 heteroatoms. The highest BCUT2D eigenvalue weighted by molar-refractivity contribution is 6.38. The summed E-state index contributed by atoms with van der Waals surface area (Å²) in [4.78, 5) is 126. The topological polar surface area (TPSA) is 202 Å². The van der Waals surface area contributed by atoms with E-state index in [0.717, 1.165) is 36.2 Å². The van der Waals surface area contributed by atoms with Gasteiger partial charge < -0.3 is 8.83 Å². The zero-order valence-electron chi connectivity index (χ0n) is 65.6. The van der Waals surface area contributed by atoms with Gasteiger partial charge in [-0.1, -0.05) is 102 Å². The Labute approximate surface area is 697 Å². The van der Waals surface area contributed by atoms with Gasteiger partial charge in [0, 0.05) is 12.5 Å². The predicted molar refractivity (Wildman–Crippen MR) is 419 cm³/mol. The summed E-state index contributed by atoms with van der Waals surface area (Å²) in [7, 11) is 0. The normalized spacial score (nSPS) is 14.9. The Hall–Kier alpha value is -14.3. The Kier molecular flexibility index (Phi) is 18.7. The lowest BCUT2D eigenvalue weighted by Crippen LogP contribution is -2.55. The van der Waals surface area contributed by atoms with E-state index in [2.05, 4.69) is 9.97 Å². The van der Waals surface area contributed by atoms with E-state index in [4.69, 9.17) is 8.83 Å². The fourth-order valence-corrected chi connectivity index (χ4v) is 18.0. The van der Waals surface area contributed by atoms with Gasteiger partial charge in [0.25, 0.3) is 47.3 Å². The number of oxazole rings is 2. The number of hydrogen-bond donors (Lipinski definition) is 0. The molecule has 13 aromatic rings. The zero-order chi connectivity index (χ0) is 90.8. The second-order valence-corrected chi connectivity index (χ2v) is 31.1. The van der Waals surface area contributed by atoms with Crippen molar-refractivity contribution in [1.82, 2.24) is 9.97 Å². The number of carbonyl (C=O) groups is 8. The van der Waals surface area contributed by atoms with E-state index in [-0.39, 0.29) is 110 Å². The van der Waals surface area contributed by atoms with Crippen LogP contribution in [0.15, 0.2) is 209 Å². The molecule has 0 unspecified atom stereocenters. The summed E-state index contributed by atoms with van der Waals surface area (Å²) in [5.74, 6) is -11.4. The Morgan fingerprint density at radius 3 is 0.984 bits per heavy atom. The molecule has 16 nitrogen and oxygen atoms in total. The highest BCUT2D eigenvalue weighted by Crippen LogP contribution is 2.62. The molecule has 17 rings (SSSR count). The van der Waals surface area contributed by atoms with Crippen LogP contribution in [-0.4, -0.2) is 94.3 Å². The number of benzene rings is 11. The number of rotatable bonds is 13. The van der Waals surface area contributed by atoms with Crippen LogP contribution in [0, 0.1) is 48.5 Å². The first-order valence-electron chi connectivity index (χ1n) is 37.8. The van der Waals surface area contributed by atoms with Gasteiger partial charge in [0.1, 0.15) is 11.0 Å². The molecule has 6 heterocycles. The van der Waals surface area contributed by atoms with E-state index in [9.17, 15) is 38.4 Å². The molecule has 8 amide bonds. The van der Waals surface area contributed by atoms with Crippen molar-refractivity contribution in [2.75, 3.05) is 19.6 Å². The SMILES string of the molecule is Cc1cc(C)cc(-c2cc(C)cc(N3C(=O)c4ccc(C(c5ccc6c(c5)C(=O)N(c5c(C)cc(C)c(N7C(=O)c8ccc(C(c9ccc%10c(c9)C(=O)N(c9cccc(-c%11cccc(-c%12nc%13cc(C(c%14ccc%15oc(C)nc%15c%14)(C(F)(F)F)C(F)(F)F)ccc%13o%12)c%11)c9)C%10=O)(C(F)(F)F)C(F)(F)F)cc8C7=O)c5C)C6=O)(C(F)(F)F)C(F)(F)F)cc4C3=O)c2)c1. The van der Waals surface area contributed by atoms with Crippen LogP contribution >= 0.6 is 0 Å². The number of fused-ring (bicyclic) bond motifs is 6. The van der Waals surface area contributed by atoms with Crippen molar-refractivity contribution in [1.29, 1.82) is 0 Å². The number of aromatic nitrogens is 2. The van der Waals surface area contributed by atoms with Crippen molar-refractivity contribution in [3.05, 3.63) is 317 Å². The predicted octanol–water partition coefficient (Wildman–Crippen LogP) is 22.6. The molecule has 0 N–H and O–H groups in total. The molecular weight excluding hydrogens is 1690 g/mol. The number of anilines is 4. The maximum atomic E-state index is 16.3. The summed E-state index contributed by atoms with van der Waals surface area (Å²) in [5, 5.41) is 0. The first kappa shape index (κ1) is 83.9. The highest BCUT2D eigenvalue weighted by atomic mass is 19.4. The molecule has 0 saturated carbocycles. The number of carbonyl (C=O) groups excluding carboxylic acids is 8. The first-order valence-corrected chi connectivity index (χ1v) is 37.8. The molecule has 4 aliphatic rings. The number of halogens is 18. The minimum absolute atomic E-state index is 0.0309. The van der Waals surface area contributed by atoms with Crippen molar-refractivity contribution in [3.63, 3.8) is 0 Å². The average Bonchev–Trinajstić information content (AvgIpc) is 1.37. The van der Waals surface area contributed by atoms with E-state index < -0.39 is 201 Å². The van der Waals surface area contributed by atoms with E-state index in [1.165, 1.54) is 81.4 Å². The fraction of sp³-hybridized carbons (Fsp3) is 0.174. The quantitative estimate of drug-likeness (QED) is 0.0782. The van der Waals surface area contributed by atoms with Crippen LogP contribution in [-0.2, 0) is 16.2 Å². The van der Waals surface area contributed by atoms with Crippen molar-refractivity contribution < 1.29 is 126 Å². The van der Waals surface area contributed by atoms with Crippen molar-refractivity contribution >= 4 is 92.2 Å². The number of amides is 8. The minimum atomic E-state index is -6.50. The van der Waals surface area contributed by atoms with Crippen LogP contribution < -0.4 is 19.6 Å². The number of hydrogen-bond acceptors (Lipinski definition) is 12. The molecule has 0 aliphatic carbocycles. The third-order valence-corrected chi connectivity index (χ3v) is 23.3. The van der Waals surface area contributed by atoms with Gasteiger partial charge in [-0.2, -0.15) is 79.0 Å². The standard InChI is InChI=1S/C92H54F18N6O10/c1-41-26-42(2)28-51(27-41)52-29-43(3)30-60(34-52)114-77(118)62-21-15-54(36-66(62)81(114)122)85(89(99,100)101,90(102,103)104)56-17-23-64-68(38-56)83(124)116(79(64)120)74-45(5)31-44(4)73(46(74)6)115-78(119)63-22-16-55(37-67(63)82(115)123)84(87(93,94)95,88(96,97)98)53-14-20-61-65(35-53)80(121)113(76(61)117)59-13-9-11-49(33-59)48-10-8-12-50(32-48)75-112-70-40-58(19-25-72(70)126-75)86(91(105,106)107,92(108,109)110)57-18-24-71-69(39-57)111-47(7)125-71/h8-40H,1-7H3. The largest absolute Gasteiger partial charge is 0.441 e. The summed E-state index contributed by atoms with van der Waals surface area (Å²) < 4.78 is 297. The van der Waals surface area contributed by atoms with Crippen molar-refractivity contribution in [2.24, 2.45) is 0 Å². The van der Waals surface area contributed by atoms with Crippen LogP contribution in [0.25, 0.3) is 55.9 Å². The molecule has 0 radical (unpaired) electrons. The Bertz CT molecular complexity index is 6990. The Morgan fingerprint density at radius 2 is 0.571 bits per heavy atom. The van der Waals surface area contributed by atoms with Gasteiger partial charge in [0.2, 0.25) is 22.1 Å². The van der Waals surface area contributed by atoms with Gasteiger partial charge in [-0.25, -0.2) is 29.6 Å². The molecular formula is C92H54F18N6O10.